The Bertz CT molecular complexity index is 485. The number of hydrogen-bond donors (Lipinski definition) is 0. The van der Waals surface area contributed by atoms with Crippen LogP contribution in [0.25, 0.3) is 11.0 Å². The second-order valence-electron chi connectivity index (χ2n) is 2.34. The van der Waals surface area contributed by atoms with E-state index < -0.39 is 5.82 Å². The number of aldehydes is 1. The third kappa shape index (κ3) is 1.26. The van der Waals surface area contributed by atoms with Gasteiger partial charge in [0.2, 0.25) is 0 Å². The maximum atomic E-state index is 13.1. The van der Waals surface area contributed by atoms with Crippen LogP contribution < -0.4 is 0 Å². The summed E-state index contributed by atoms with van der Waals surface area (Å²) in [5.41, 5.74) is 1.06. The molecule has 0 atom stereocenters. The molecule has 0 saturated carbocycles. The lowest BCUT2D eigenvalue weighted by molar-refractivity contribution is 0.112. The minimum Gasteiger partial charge on any atom is -0.298 e. The van der Waals surface area contributed by atoms with Gasteiger partial charge in [0.15, 0.2) is 6.29 Å². The van der Waals surface area contributed by atoms with Crippen molar-refractivity contribution in [2.45, 2.75) is 0 Å². The summed E-state index contributed by atoms with van der Waals surface area (Å²) in [6.07, 6.45) is 0.569. The number of rotatable bonds is 1. The number of aromatic nitrogens is 2. The molecule has 2 rings (SSSR count). The zero-order chi connectivity index (χ0) is 9.42. The van der Waals surface area contributed by atoms with Crippen LogP contribution in [0.15, 0.2) is 10.5 Å². The maximum absolute atomic E-state index is 13.1. The predicted octanol–water partition coefficient (Wildman–Crippen LogP) is 2.41. The molecule has 66 valence electrons. The Morgan fingerprint density at radius 2 is 2.15 bits per heavy atom. The standard InChI is InChI=1S/C7H2BrFN2OS/c8-5-4(9)1-3(2-12)6-7(5)11-13-10-6/h1-2H. The van der Waals surface area contributed by atoms with E-state index in [2.05, 4.69) is 24.7 Å². The molecule has 2 aromatic rings. The van der Waals surface area contributed by atoms with Crippen molar-refractivity contribution in [1.82, 2.24) is 8.75 Å². The number of fused-ring (bicyclic) bond motifs is 1. The average Bonchev–Trinajstić information content (AvgIpc) is 2.60. The van der Waals surface area contributed by atoms with E-state index in [0.29, 0.717) is 17.3 Å². The lowest BCUT2D eigenvalue weighted by Gasteiger charge is -1.96. The highest BCUT2D eigenvalue weighted by atomic mass is 79.9. The Kier molecular flexibility index (Phi) is 2.09. The zero-order valence-electron chi connectivity index (χ0n) is 6.12. The first kappa shape index (κ1) is 8.71. The first-order chi connectivity index (χ1) is 6.24. The largest absolute Gasteiger partial charge is 0.298 e. The van der Waals surface area contributed by atoms with E-state index in [9.17, 15) is 9.18 Å². The molecule has 0 aliphatic rings. The highest BCUT2D eigenvalue weighted by Crippen LogP contribution is 2.27. The Hall–Kier alpha value is -0.880. The first-order valence-corrected chi connectivity index (χ1v) is 4.82. The Morgan fingerprint density at radius 1 is 1.46 bits per heavy atom. The van der Waals surface area contributed by atoms with Gasteiger partial charge in [0.25, 0.3) is 0 Å². The van der Waals surface area contributed by atoms with Gasteiger partial charge in [-0.3, -0.25) is 4.79 Å². The predicted molar refractivity (Wildman–Crippen MR) is 50.5 cm³/mol. The van der Waals surface area contributed by atoms with E-state index in [0.717, 1.165) is 17.8 Å². The molecule has 13 heavy (non-hydrogen) atoms. The van der Waals surface area contributed by atoms with Crippen LogP contribution >= 0.6 is 27.7 Å². The molecule has 0 aliphatic heterocycles. The van der Waals surface area contributed by atoms with Crippen molar-refractivity contribution in [1.29, 1.82) is 0 Å². The smallest absolute Gasteiger partial charge is 0.152 e. The number of hydrogen-bond acceptors (Lipinski definition) is 4. The van der Waals surface area contributed by atoms with Crippen molar-refractivity contribution >= 4 is 45.0 Å². The lowest BCUT2D eigenvalue weighted by atomic mass is 10.2. The van der Waals surface area contributed by atoms with Gasteiger partial charge < -0.3 is 0 Å². The molecule has 0 N–H and O–H groups in total. The van der Waals surface area contributed by atoms with Crippen molar-refractivity contribution in [3.63, 3.8) is 0 Å². The average molecular weight is 261 g/mol. The van der Waals surface area contributed by atoms with E-state index in [1.165, 1.54) is 0 Å². The van der Waals surface area contributed by atoms with Crippen LogP contribution in [-0.4, -0.2) is 15.0 Å². The molecular formula is C7H2BrFN2OS. The summed E-state index contributed by atoms with van der Waals surface area (Å²) in [5.74, 6) is -0.498. The fourth-order valence-electron chi connectivity index (χ4n) is 0.993. The van der Waals surface area contributed by atoms with E-state index in [1.807, 2.05) is 0 Å². The van der Waals surface area contributed by atoms with E-state index >= 15 is 0 Å². The molecule has 0 bridgehead atoms. The summed E-state index contributed by atoms with van der Waals surface area (Å²) in [6, 6.07) is 1.14. The van der Waals surface area contributed by atoms with E-state index in [4.69, 9.17) is 0 Å². The zero-order valence-corrected chi connectivity index (χ0v) is 8.52. The molecule has 6 heteroatoms. The van der Waals surface area contributed by atoms with Crippen LogP contribution in [0.3, 0.4) is 0 Å². The molecule has 0 fully saturated rings. The molecule has 0 saturated heterocycles. The van der Waals surface area contributed by atoms with Crippen LogP contribution in [0.5, 0.6) is 0 Å². The van der Waals surface area contributed by atoms with Crippen molar-refractivity contribution in [2.24, 2.45) is 0 Å². The van der Waals surface area contributed by atoms with Gasteiger partial charge in [-0.05, 0) is 22.0 Å². The quantitative estimate of drug-likeness (QED) is 0.740. The number of halogens is 2. The number of carbonyl (C=O) groups excluding carboxylic acids is 1. The summed E-state index contributed by atoms with van der Waals surface area (Å²) >= 11 is 3.99. The molecule has 0 spiro atoms. The van der Waals surface area contributed by atoms with Crippen LogP contribution in [0, 0.1) is 5.82 Å². The van der Waals surface area contributed by atoms with Crippen molar-refractivity contribution in [3.8, 4) is 0 Å². The fourth-order valence-corrected chi connectivity index (χ4v) is 2.08. The fraction of sp³-hybridized carbons (Fsp3) is 0. The van der Waals surface area contributed by atoms with Gasteiger partial charge in [0, 0.05) is 5.56 Å². The Morgan fingerprint density at radius 3 is 2.85 bits per heavy atom. The molecule has 1 heterocycles. The molecule has 0 radical (unpaired) electrons. The number of carbonyl (C=O) groups is 1. The van der Waals surface area contributed by atoms with Crippen LogP contribution in [0.4, 0.5) is 4.39 Å². The monoisotopic (exact) mass is 260 g/mol. The molecule has 1 aromatic heterocycles. The molecule has 1 aromatic carbocycles. The minimum atomic E-state index is -0.498. The van der Waals surface area contributed by atoms with E-state index in [1.54, 1.807) is 0 Å². The highest BCUT2D eigenvalue weighted by molar-refractivity contribution is 9.10. The Balaban J connectivity index is 2.95. The minimum absolute atomic E-state index is 0.226. The van der Waals surface area contributed by atoms with Crippen LogP contribution in [-0.2, 0) is 0 Å². The van der Waals surface area contributed by atoms with Gasteiger partial charge in [-0.15, -0.1) is 0 Å². The number of benzene rings is 1. The van der Waals surface area contributed by atoms with Gasteiger partial charge in [-0.25, -0.2) is 4.39 Å². The highest BCUT2D eigenvalue weighted by Gasteiger charge is 2.12. The van der Waals surface area contributed by atoms with Gasteiger partial charge in [0.1, 0.15) is 16.9 Å². The Labute approximate surface area is 85.0 Å². The summed E-state index contributed by atoms with van der Waals surface area (Å²) in [6.45, 7) is 0. The molecule has 0 amide bonds. The summed E-state index contributed by atoms with van der Waals surface area (Å²) < 4.78 is 21.1. The normalized spacial score (nSPS) is 10.6. The van der Waals surface area contributed by atoms with Crippen LogP contribution in [0.2, 0.25) is 0 Å². The third-order valence-corrected chi connectivity index (χ3v) is 2.87. The SMILES string of the molecule is O=Cc1cc(F)c(Br)c2nsnc12. The van der Waals surface area contributed by atoms with Crippen LogP contribution in [0.1, 0.15) is 10.4 Å². The van der Waals surface area contributed by atoms with Gasteiger partial charge in [0.05, 0.1) is 16.2 Å². The second kappa shape index (κ2) is 3.12. The second-order valence-corrected chi connectivity index (χ2v) is 3.66. The van der Waals surface area contributed by atoms with Gasteiger partial charge in [-0.1, -0.05) is 0 Å². The van der Waals surface area contributed by atoms with Crippen molar-refractivity contribution in [2.75, 3.05) is 0 Å². The summed E-state index contributed by atoms with van der Waals surface area (Å²) in [4.78, 5) is 10.5. The van der Waals surface area contributed by atoms with Crippen molar-refractivity contribution < 1.29 is 9.18 Å². The maximum Gasteiger partial charge on any atom is 0.152 e. The molecular weight excluding hydrogens is 259 g/mol. The van der Waals surface area contributed by atoms with Gasteiger partial charge in [-0.2, -0.15) is 8.75 Å². The first-order valence-electron chi connectivity index (χ1n) is 3.29. The molecule has 0 aliphatic carbocycles. The molecule has 3 nitrogen and oxygen atoms in total. The summed E-state index contributed by atoms with van der Waals surface area (Å²) in [5, 5.41) is 0. The topological polar surface area (TPSA) is 42.9 Å². The van der Waals surface area contributed by atoms with Crippen molar-refractivity contribution in [3.05, 3.63) is 21.9 Å². The lowest BCUT2D eigenvalue weighted by Crippen LogP contribution is -1.88. The number of nitrogens with zero attached hydrogens (tertiary/aromatic N) is 2. The van der Waals surface area contributed by atoms with Gasteiger partial charge >= 0.3 is 0 Å². The third-order valence-electron chi connectivity index (χ3n) is 1.59. The summed E-state index contributed by atoms with van der Waals surface area (Å²) in [7, 11) is 0. The molecule has 0 unspecified atom stereocenters. The van der Waals surface area contributed by atoms with E-state index in [-0.39, 0.29) is 10.0 Å².